The highest BCUT2D eigenvalue weighted by atomic mass is 15.2. The minimum absolute atomic E-state index is 0.244. The Morgan fingerprint density at radius 1 is 1.22 bits per heavy atom. The summed E-state index contributed by atoms with van der Waals surface area (Å²) in [5.74, 6) is 0. The first-order valence-electron chi connectivity index (χ1n) is 7.09. The first-order valence-corrected chi connectivity index (χ1v) is 7.09. The van der Waals surface area contributed by atoms with Gasteiger partial charge < -0.3 is 10.2 Å². The Hall–Kier alpha value is -1.02. The van der Waals surface area contributed by atoms with Gasteiger partial charge in [0.15, 0.2) is 0 Å². The fraction of sp³-hybridized carbons (Fsp3) is 0.625. The summed E-state index contributed by atoms with van der Waals surface area (Å²) in [7, 11) is 0. The highest BCUT2D eigenvalue weighted by molar-refractivity contribution is 5.49. The van der Waals surface area contributed by atoms with E-state index in [9.17, 15) is 0 Å². The molecule has 100 valence electrons. The number of hydrogen-bond donors (Lipinski definition) is 1. The van der Waals surface area contributed by atoms with Crippen LogP contribution in [0.15, 0.2) is 24.3 Å². The van der Waals surface area contributed by atoms with Crippen LogP contribution in [-0.2, 0) is 5.41 Å². The second kappa shape index (κ2) is 5.31. The van der Waals surface area contributed by atoms with Crippen LogP contribution in [0.4, 0.5) is 5.69 Å². The fourth-order valence-electron chi connectivity index (χ4n) is 2.51. The predicted octanol–water partition coefficient (Wildman–Crippen LogP) is 3.17. The van der Waals surface area contributed by atoms with E-state index in [1.807, 2.05) is 0 Å². The van der Waals surface area contributed by atoms with E-state index in [2.05, 4.69) is 62.2 Å². The zero-order valence-electron chi connectivity index (χ0n) is 12.2. The summed E-state index contributed by atoms with van der Waals surface area (Å²) in [4.78, 5) is 2.50. The Bertz CT molecular complexity index is 375. The maximum absolute atomic E-state index is 3.56. The topological polar surface area (TPSA) is 15.3 Å². The Morgan fingerprint density at radius 2 is 1.89 bits per heavy atom. The van der Waals surface area contributed by atoms with Gasteiger partial charge in [-0.05, 0) is 29.5 Å². The largest absolute Gasteiger partial charge is 0.369 e. The second-order valence-corrected chi connectivity index (χ2v) is 6.30. The first-order chi connectivity index (χ1) is 8.50. The molecule has 0 spiro atoms. The molecule has 1 atom stereocenters. The Morgan fingerprint density at radius 3 is 2.44 bits per heavy atom. The number of nitrogens with zero attached hydrogens (tertiary/aromatic N) is 1. The van der Waals surface area contributed by atoms with Crippen molar-refractivity contribution in [2.24, 2.45) is 0 Å². The summed E-state index contributed by atoms with van der Waals surface area (Å²) < 4.78 is 0. The quantitative estimate of drug-likeness (QED) is 0.862. The van der Waals surface area contributed by atoms with Gasteiger partial charge in [0.05, 0.1) is 0 Å². The van der Waals surface area contributed by atoms with E-state index in [0.717, 1.165) is 19.6 Å². The number of piperazine rings is 1. The van der Waals surface area contributed by atoms with Crippen LogP contribution in [0.2, 0.25) is 0 Å². The van der Waals surface area contributed by atoms with Gasteiger partial charge in [0.2, 0.25) is 0 Å². The summed E-state index contributed by atoms with van der Waals surface area (Å²) in [6.07, 6.45) is 1.20. The van der Waals surface area contributed by atoms with Crippen molar-refractivity contribution < 1.29 is 0 Å². The number of anilines is 1. The maximum Gasteiger partial charge on any atom is 0.0367 e. The molecule has 0 radical (unpaired) electrons. The lowest BCUT2D eigenvalue weighted by molar-refractivity contribution is 0.447. The molecule has 1 aliphatic heterocycles. The normalized spacial score (nSPS) is 21.1. The first kappa shape index (κ1) is 13.4. The van der Waals surface area contributed by atoms with E-state index in [-0.39, 0.29) is 5.41 Å². The van der Waals surface area contributed by atoms with Crippen molar-refractivity contribution in [1.29, 1.82) is 0 Å². The lowest BCUT2D eigenvalue weighted by atomic mass is 9.87. The molecule has 2 rings (SSSR count). The van der Waals surface area contributed by atoms with Crippen LogP contribution < -0.4 is 10.2 Å². The molecule has 1 N–H and O–H groups in total. The fourth-order valence-corrected chi connectivity index (χ4v) is 2.51. The summed E-state index contributed by atoms with van der Waals surface area (Å²) in [5, 5.41) is 3.56. The number of rotatable bonds is 2. The highest BCUT2D eigenvalue weighted by Crippen LogP contribution is 2.25. The van der Waals surface area contributed by atoms with Gasteiger partial charge in [0.1, 0.15) is 0 Å². The van der Waals surface area contributed by atoms with Crippen molar-refractivity contribution in [3.05, 3.63) is 29.8 Å². The summed E-state index contributed by atoms with van der Waals surface area (Å²) in [5.41, 5.74) is 3.02. The van der Waals surface area contributed by atoms with Gasteiger partial charge in [-0.15, -0.1) is 0 Å². The number of hydrogen-bond acceptors (Lipinski definition) is 2. The van der Waals surface area contributed by atoms with E-state index in [1.54, 1.807) is 0 Å². The molecule has 1 unspecified atom stereocenters. The van der Waals surface area contributed by atoms with Gasteiger partial charge in [0, 0.05) is 31.4 Å². The van der Waals surface area contributed by atoms with Gasteiger partial charge >= 0.3 is 0 Å². The molecule has 0 bridgehead atoms. The number of benzene rings is 1. The maximum atomic E-state index is 3.56. The standard InChI is InChI=1S/C16H26N2/c1-5-14-12-18(11-10-17-14)15-8-6-13(7-9-15)16(2,3)4/h6-9,14,17H,5,10-12H2,1-4H3. The summed E-state index contributed by atoms with van der Waals surface area (Å²) >= 11 is 0. The van der Waals surface area contributed by atoms with Crippen LogP contribution in [0.3, 0.4) is 0 Å². The predicted molar refractivity (Wildman–Crippen MR) is 79.4 cm³/mol. The van der Waals surface area contributed by atoms with E-state index >= 15 is 0 Å². The van der Waals surface area contributed by atoms with Crippen molar-refractivity contribution in [3.8, 4) is 0 Å². The monoisotopic (exact) mass is 246 g/mol. The van der Waals surface area contributed by atoms with Crippen LogP contribution in [0.25, 0.3) is 0 Å². The van der Waals surface area contributed by atoms with Gasteiger partial charge in [-0.1, -0.05) is 39.8 Å². The third-order valence-electron chi connectivity index (χ3n) is 3.85. The summed E-state index contributed by atoms with van der Waals surface area (Å²) in [6.45, 7) is 12.4. The third-order valence-corrected chi connectivity index (χ3v) is 3.85. The SMILES string of the molecule is CCC1CN(c2ccc(C(C)(C)C)cc2)CCN1. The van der Waals surface area contributed by atoms with Crippen LogP contribution in [-0.4, -0.2) is 25.7 Å². The zero-order chi connectivity index (χ0) is 13.2. The van der Waals surface area contributed by atoms with Gasteiger partial charge in [0.25, 0.3) is 0 Å². The highest BCUT2D eigenvalue weighted by Gasteiger charge is 2.19. The second-order valence-electron chi connectivity index (χ2n) is 6.30. The van der Waals surface area contributed by atoms with Crippen LogP contribution in [0, 0.1) is 0 Å². The molecule has 0 aliphatic carbocycles. The number of nitrogens with one attached hydrogen (secondary N) is 1. The molecule has 1 fully saturated rings. The smallest absolute Gasteiger partial charge is 0.0367 e. The van der Waals surface area contributed by atoms with Crippen LogP contribution >= 0.6 is 0 Å². The molecular formula is C16H26N2. The van der Waals surface area contributed by atoms with E-state index in [0.29, 0.717) is 6.04 Å². The molecule has 0 aromatic heterocycles. The van der Waals surface area contributed by atoms with Crippen LogP contribution in [0.5, 0.6) is 0 Å². The molecule has 0 saturated carbocycles. The van der Waals surface area contributed by atoms with Gasteiger partial charge in [-0.2, -0.15) is 0 Å². The molecule has 1 aliphatic rings. The van der Waals surface area contributed by atoms with Crippen molar-refractivity contribution in [2.75, 3.05) is 24.5 Å². The van der Waals surface area contributed by atoms with Crippen molar-refractivity contribution in [1.82, 2.24) is 5.32 Å². The lowest BCUT2D eigenvalue weighted by Crippen LogP contribution is -2.50. The molecular weight excluding hydrogens is 220 g/mol. The molecule has 1 saturated heterocycles. The van der Waals surface area contributed by atoms with Crippen molar-refractivity contribution >= 4 is 5.69 Å². The van der Waals surface area contributed by atoms with E-state index in [4.69, 9.17) is 0 Å². The van der Waals surface area contributed by atoms with Crippen LogP contribution in [0.1, 0.15) is 39.7 Å². The average molecular weight is 246 g/mol. The van der Waals surface area contributed by atoms with Crippen molar-refractivity contribution in [3.63, 3.8) is 0 Å². The average Bonchev–Trinajstić information content (AvgIpc) is 2.38. The van der Waals surface area contributed by atoms with Gasteiger partial charge in [-0.25, -0.2) is 0 Å². The Kier molecular flexibility index (Phi) is 3.96. The molecule has 2 heteroatoms. The molecule has 0 amide bonds. The van der Waals surface area contributed by atoms with Gasteiger partial charge in [-0.3, -0.25) is 0 Å². The lowest BCUT2D eigenvalue weighted by Gasteiger charge is -2.35. The molecule has 1 aromatic carbocycles. The molecule has 1 heterocycles. The van der Waals surface area contributed by atoms with E-state index < -0.39 is 0 Å². The molecule has 1 aromatic rings. The molecule has 18 heavy (non-hydrogen) atoms. The van der Waals surface area contributed by atoms with E-state index in [1.165, 1.54) is 17.7 Å². The molecule has 2 nitrogen and oxygen atoms in total. The minimum atomic E-state index is 0.244. The van der Waals surface area contributed by atoms with Crippen molar-refractivity contribution in [2.45, 2.75) is 45.6 Å². The minimum Gasteiger partial charge on any atom is -0.369 e. The Balaban J connectivity index is 2.09. The zero-order valence-corrected chi connectivity index (χ0v) is 12.2. The summed E-state index contributed by atoms with van der Waals surface area (Å²) in [6, 6.07) is 9.74. The Labute approximate surface area is 111 Å². The third kappa shape index (κ3) is 3.05.